The van der Waals surface area contributed by atoms with Crippen LogP contribution in [-0.4, -0.2) is 31.5 Å². The van der Waals surface area contributed by atoms with Crippen molar-refractivity contribution in [1.29, 1.82) is 0 Å². The third-order valence-corrected chi connectivity index (χ3v) is 4.47. The van der Waals surface area contributed by atoms with Crippen LogP contribution in [-0.2, 0) is 16.7 Å². The van der Waals surface area contributed by atoms with Gasteiger partial charge < -0.3 is 9.08 Å². The third-order valence-electron chi connectivity index (χ3n) is 3.98. The van der Waals surface area contributed by atoms with Crippen LogP contribution < -0.4 is 4.18 Å². The van der Waals surface area contributed by atoms with E-state index in [0.29, 0.717) is 12.1 Å². The molecule has 7 heteroatoms. The molecule has 140 valence electrons. The number of halogens is 1. The molecule has 26 heavy (non-hydrogen) atoms. The van der Waals surface area contributed by atoms with Gasteiger partial charge in [0.15, 0.2) is 0 Å². The van der Waals surface area contributed by atoms with Crippen LogP contribution in [0.15, 0.2) is 48.5 Å². The molecule has 0 radical (unpaired) electrons. The van der Waals surface area contributed by atoms with Gasteiger partial charge in [-0.05, 0) is 49.2 Å². The molecule has 0 saturated carbocycles. The predicted molar refractivity (Wildman–Crippen MR) is 97.9 cm³/mol. The molecule has 2 rings (SSSR count). The number of carbonyl (C=O) groups is 1. The number of hydrogen-bond acceptors (Lipinski definition) is 4. The topological polar surface area (TPSA) is 63.7 Å². The minimum atomic E-state index is -3.58. The lowest BCUT2D eigenvalue weighted by Crippen LogP contribution is -2.37. The zero-order valence-electron chi connectivity index (χ0n) is 15.0. The van der Waals surface area contributed by atoms with Crippen molar-refractivity contribution < 1.29 is 21.8 Å². The molecule has 0 aliphatic heterocycles. The van der Waals surface area contributed by atoms with E-state index in [4.69, 9.17) is 4.18 Å². The molecule has 0 N–H and O–H groups in total. The van der Waals surface area contributed by atoms with Crippen LogP contribution in [0.2, 0.25) is 0 Å². The van der Waals surface area contributed by atoms with Crippen LogP contribution in [0, 0.1) is 5.82 Å². The van der Waals surface area contributed by atoms with E-state index < -0.39 is 15.9 Å². The molecule has 0 saturated heterocycles. The Bertz CT molecular complexity index is 865. The number of carbonyl (C=O) groups excluding carboxylic acids is 1. The Morgan fingerprint density at radius 2 is 1.85 bits per heavy atom. The Morgan fingerprint density at radius 1 is 1.19 bits per heavy atom. The zero-order chi connectivity index (χ0) is 19.3. The first kappa shape index (κ1) is 19.9. The summed E-state index contributed by atoms with van der Waals surface area (Å²) in [6, 6.07) is 12.1. The van der Waals surface area contributed by atoms with E-state index in [2.05, 4.69) is 0 Å². The zero-order valence-corrected chi connectivity index (χ0v) is 15.8. The van der Waals surface area contributed by atoms with Crippen molar-refractivity contribution in [2.24, 2.45) is 0 Å². The van der Waals surface area contributed by atoms with Gasteiger partial charge in [-0.25, -0.2) is 4.39 Å². The summed E-state index contributed by atoms with van der Waals surface area (Å²) in [6.45, 7) is 4.22. The molecule has 0 bridgehead atoms. The van der Waals surface area contributed by atoms with Crippen LogP contribution in [0.5, 0.6) is 5.75 Å². The number of rotatable bonds is 7. The van der Waals surface area contributed by atoms with E-state index in [0.717, 1.165) is 18.2 Å². The predicted octanol–water partition coefficient (Wildman–Crippen LogP) is 3.61. The van der Waals surface area contributed by atoms with Crippen molar-refractivity contribution >= 4 is 16.0 Å². The van der Waals surface area contributed by atoms with Gasteiger partial charge in [-0.2, -0.15) is 8.42 Å². The standard InChI is InChI=1S/C19H22FNO4S/c1-4-14(2)21(19(22)16-6-5-7-17(20)12-16)13-15-8-10-18(11-9-15)25-26(3,23)24/h5-12,14H,4,13H2,1-3H3/t14-/m0/s1. The first-order chi connectivity index (χ1) is 12.2. The van der Waals surface area contributed by atoms with Crippen LogP contribution in [0.25, 0.3) is 0 Å². The van der Waals surface area contributed by atoms with Gasteiger partial charge in [0, 0.05) is 18.2 Å². The van der Waals surface area contributed by atoms with Crippen molar-refractivity contribution in [1.82, 2.24) is 4.90 Å². The van der Waals surface area contributed by atoms with Crippen LogP contribution in [0.3, 0.4) is 0 Å². The highest BCUT2D eigenvalue weighted by atomic mass is 32.2. The largest absolute Gasteiger partial charge is 0.383 e. The van der Waals surface area contributed by atoms with E-state index in [-0.39, 0.29) is 17.7 Å². The molecular formula is C19H22FNO4S. The Morgan fingerprint density at radius 3 is 2.38 bits per heavy atom. The summed E-state index contributed by atoms with van der Waals surface area (Å²) in [5.41, 5.74) is 1.11. The number of benzene rings is 2. The fourth-order valence-corrected chi connectivity index (χ4v) is 2.92. The third kappa shape index (κ3) is 5.56. The maximum absolute atomic E-state index is 13.4. The molecule has 0 aliphatic rings. The van der Waals surface area contributed by atoms with Gasteiger partial charge in [-0.3, -0.25) is 4.79 Å². The molecule has 2 aromatic carbocycles. The van der Waals surface area contributed by atoms with Gasteiger partial charge in [0.2, 0.25) is 0 Å². The van der Waals surface area contributed by atoms with E-state index in [1.54, 1.807) is 23.1 Å². The SMILES string of the molecule is CC[C@H](C)N(Cc1ccc(OS(C)(=O)=O)cc1)C(=O)c1cccc(F)c1. The number of amides is 1. The summed E-state index contributed by atoms with van der Waals surface area (Å²) in [4.78, 5) is 14.5. The number of nitrogens with zero attached hydrogens (tertiary/aromatic N) is 1. The summed E-state index contributed by atoms with van der Waals surface area (Å²) < 4.78 is 40.6. The van der Waals surface area contributed by atoms with E-state index >= 15 is 0 Å². The molecule has 1 amide bonds. The lowest BCUT2D eigenvalue weighted by molar-refractivity contribution is 0.0671. The van der Waals surface area contributed by atoms with Crippen molar-refractivity contribution in [3.8, 4) is 5.75 Å². The van der Waals surface area contributed by atoms with Crippen LogP contribution in [0.1, 0.15) is 36.2 Å². The molecule has 5 nitrogen and oxygen atoms in total. The monoisotopic (exact) mass is 379 g/mol. The highest BCUT2D eigenvalue weighted by Crippen LogP contribution is 2.19. The normalized spacial score (nSPS) is 12.5. The maximum atomic E-state index is 13.4. The molecule has 2 aromatic rings. The highest BCUT2D eigenvalue weighted by molar-refractivity contribution is 7.86. The van der Waals surface area contributed by atoms with Gasteiger partial charge in [-0.1, -0.05) is 25.1 Å². The van der Waals surface area contributed by atoms with Crippen LogP contribution in [0.4, 0.5) is 4.39 Å². The summed E-state index contributed by atoms with van der Waals surface area (Å²) in [5.74, 6) is -0.500. The quantitative estimate of drug-likeness (QED) is 0.690. The minimum Gasteiger partial charge on any atom is -0.383 e. The lowest BCUT2D eigenvalue weighted by Gasteiger charge is -2.29. The second-order valence-corrected chi connectivity index (χ2v) is 7.71. The fourth-order valence-electron chi connectivity index (χ4n) is 2.46. The fraction of sp³-hybridized carbons (Fsp3) is 0.316. The van der Waals surface area contributed by atoms with E-state index in [9.17, 15) is 17.6 Å². The van der Waals surface area contributed by atoms with Gasteiger partial charge in [0.25, 0.3) is 5.91 Å². The first-order valence-electron chi connectivity index (χ1n) is 8.24. The first-order valence-corrected chi connectivity index (χ1v) is 10.1. The highest BCUT2D eigenvalue weighted by Gasteiger charge is 2.21. The molecule has 0 heterocycles. The van der Waals surface area contributed by atoms with Crippen molar-refractivity contribution in [3.63, 3.8) is 0 Å². The van der Waals surface area contributed by atoms with Gasteiger partial charge in [-0.15, -0.1) is 0 Å². The number of hydrogen-bond donors (Lipinski definition) is 0. The summed E-state index contributed by atoms with van der Waals surface area (Å²) in [6.07, 6.45) is 1.72. The average molecular weight is 379 g/mol. The van der Waals surface area contributed by atoms with Gasteiger partial charge >= 0.3 is 10.1 Å². The smallest absolute Gasteiger partial charge is 0.306 e. The van der Waals surface area contributed by atoms with Crippen molar-refractivity contribution in [2.75, 3.05) is 6.26 Å². The van der Waals surface area contributed by atoms with Crippen molar-refractivity contribution in [3.05, 3.63) is 65.5 Å². The molecular weight excluding hydrogens is 357 g/mol. The van der Waals surface area contributed by atoms with Crippen LogP contribution >= 0.6 is 0 Å². The Kier molecular flexibility index (Phi) is 6.37. The molecule has 0 aromatic heterocycles. The summed E-state index contributed by atoms with van der Waals surface area (Å²) >= 11 is 0. The second kappa shape index (κ2) is 8.31. The van der Waals surface area contributed by atoms with Gasteiger partial charge in [0.1, 0.15) is 11.6 Å². The summed E-state index contributed by atoms with van der Waals surface area (Å²) in [5, 5.41) is 0. The molecule has 1 atom stereocenters. The molecule has 0 spiro atoms. The molecule has 0 unspecified atom stereocenters. The van der Waals surface area contributed by atoms with Gasteiger partial charge in [0.05, 0.1) is 6.26 Å². The van der Waals surface area contributed by atoms with E-state index in [1.807, 2.05) is 13.8 Å². The second-order valence-electron chi connectivity index (χ2n) is 6.13. The van der Waals surface area contributed by atoms with Crippen molar-refractivity contribution in [2.45, 2.75) is 32.9 Å². The Hall–Kier alpha value is -2.41. The Balaban J connectivity index is 2.21. The minimum absolute atomic E-state index is 0.0438. The Labute approximate surface area is 153 Å². The molecule has 0 aliphatic carbocycles. The van der Waals surface area contributed by atoms with E-state index in [1.165, 1.54) is 30.3 Å². The molecule has 0 fully saturated rings. The lowest BCUT2D eigenvalue weighted by atomic mass is 10.1. The maximum Gasteiger partial charge on any atom is 0.306 e. The average Bonchev–Trinajstić information content (AvgIpc) is 2.58. The summed E-state index contributed by atoms with van der Waals surface area (Å²) in [7, 11) is -3.58.